The molecule has 1 aromatic rings. The molecule has 0 fully saturated rings. The third-order valence-corrected chi connectivity index (χ3v) is 3.79. The topological polar surface area (TPSA) is 41.5 Å². The second-order valence-electron chi connectivity index (χ2n) is 3.59. The molecule has 0 aliphatic carbocycles. The van der Waals surface area contributed by atoms with Crippen LogP contribution in [0.15, 0.2) is 29.2 Å². The van der Waals surface area contributed by atoms with Gasteiger partial charge in [-0.05, 0) is 12.1 Å². The van der Waals surface area contributed by atoms with Crippen LogP contribution in [0.25, 0.3) is 0 Å². The van der Waals surface area contributed by atoms with Crippen molar-refractivity contribution in [2.45, 2.75) is 11.0 Å². The van der Waals surface area contributed by atoms with Gasteiger partial charge in [0.15, 0.2) is 0 Å². The fourth-order valence-electron chi connectivity index (χ4n) is 1.25. The van der Waals surface area contributed by atoms with Crippen LogP contribution in [0.1, 0.15) is 0 Å². The van der Waals surface area contributed by atoms with Gasteiger partial charge in [-0.2, -0.15) is 0 Å². The number of methoxy groups -OCH3 is 1. The molecular weight excluding hydrogens is 258 g/mol. The van der Waals surface area contributed by atoms with Crippen LogP contribution in [0.4, 0.5) is 0 Å². The fraction of sp³-hybridized carbons (Fsp3) is 0.500. The lowest BCUT2D eigenvalue weighted by molar-refractivity contribution is 0.175. The van der Waals surface area contributed by atoms with Gasteiger partial charge in [-0.15, -0.1) is 11.8 Å². The van der Waals surface area contributed by atoms with E-state index in [-0.39, 0.29) is 6.10 Å². The minimum absolute atomic E-state index is 0.381. The Kier molecular flexibility index (Phi) is 7.64. The zero-order chi connectivity index (χ0) is 12.5. The van der Waals surface area contributed by atoms with Crippen LogP contribution in [-0.4, -0.2) is 43.8 Å². The molecular formula is C12H18ClNO2S. The molecule has 1 unspecified atom stereocenters. The second kappa shape index (κ2) is 8.78. The highest BCUT2D eigenvalue weighted by Crippen LogP contribution is 2.26. The van der Waals surface area contributed by atoms with Crippen molar-refractivity contribution in [1.29, 1.82) is 0 Å². The summed E-state index contributed by atoms with van der Waals surface area (Å²) in [6.45, 7) is 1.98. The molecule has 0 bridgehead atoms. The molecule has 0 aromatic heterocycles. The van der Waals surface area contributed by atoms with Crippen LogP contribution in [0.3, 0.4) is 0 Å². The average Bonchev–Trinajstić information content (AvgIpc) is 2.34. The molecule has 2 N–H and O–H groups in total. The predicted octanol–water partition coefficient (Wildman–Crippen LogP) is 2.03. The van der Waals surface area contributed by atoms with Crippen molar-refractivity contribution in [1.82, 2.24) is 5.32 Å². The van der Waals surface area contributed by atoms with E-state index < -0.39 is 0 Å². The third kappa shape index (κ3) is 6.29. The summed E-state index contributed by atoms with van der Waals surface area (Å²) in [7, 11) is 1.66. The van der Waals surface area contributed by atoms with Gasteiger partial charge in [0.05, 0.1) is 17.7 Å². The van der Waals surface area contributed by atoms with Gasteiger partial charge in [0.25, 0.3) is 0 Å². The largest absolute Gasteiger partial charge is 0.391 e. The molecule has 1 atom stereocenters. The Bertz CT molecular complexity index is 325. The quantitative estimate of drug-likeness (QED) is 0.563. The van der Waals surface area contributed by atoms with Crippen molar-refractivity contribution in [3.8, 4) is 0 Å². The molecule has 1 aromatic carbocycles. The van der Waals surface area contributed by atoms with E-state index in [1.54, 1.807) is 18.9 Å². The van der Waals surface area contributed by atoms with Crippen molar-refractivity contribution in [3.05, 3.63) is 29.3 Å². The maximum Gasteiger partial charge on any atom is 0.0758 e. The second-order valence-corrected chi connectivity index (χ2v) is 5.06. The summed E-state index contributed by atoms with van der Waals surface area (Å²) in [6, 6.07) is 7.65. The summed E-state index contributed by atoms with van der Waals surface area (Å²) in [4.78, 5) is 1.00. The zero-order valence-electron chi connectivity index (χ0n) is 9.86. The van der Waals surface area contributed by atoms with E-state index in [2.05, 4.69) is 5.32 Å². The van der Waals surface area contributed by atoms with Crippen molar-refractivity contribution < 1.29 is 9.84 Å². The van der Waals surface area contributed by atoms with Gasteiger partial charge in [0.1, 0.15) is 0 Å². The number of aliphatic hydroxyl groups is 1. The highest BCUT2D eigenvalue weighted by molar-refractivity contribution is 7.99. The van der Waals surface area contributed by atoms with Gasteiger partial charge in [-0.3, -0.25) is 0 Å². The number of hydrogen-bond donors (Lipinski definition) is 2. The van der Waals surface area contributed by atoms with Crippen LogP contribution in [0, 0.1) is 0 Å². The molecule has 0 spiro atoms. The number of benzene rings is 1. The summed E-state index contributed by atoms with van der Waals surface area (Å²) >= 11 is 7.58. The molecule has 0 radical (unpaired) electrons. The van der Waals surface area contributed by atoms with Crippen molar-refractivity contribution in [2.24, 2.45) is 0 Å². The number of hydrogen-bond acceptors (Lipinski definition) is 4. The maximum absolute atomic E-state index is 9.73. The summed E-state index contributed by atoms with van der Waals surface area (Å²) in [6.07, 6.45) is -0.381. The Morgan fingerprint density at radius 3 is 2.94 bits per heavy atom. The van der Waals surface area contributed by atoms with Gasteiger partial charge >= 0.3 is 0 Å². The van der Waals surface area contributed by atoms with E-state index >= 15 is 0 Å². The van der Waals surface area contributed by atoms with E-state index in [4.69, 9.17) is 16.3 Å². The van der Waals surface area contributed by atoms with E-state index in [1.165, 1.54) is 0 Å². The molecule has 0 aliphatic rings. The van der Waals surface area contributed by atoms with Crippen molar-refractivity contribution in [2.75, 3.05) is 32.6 Å². The molecule has 0 saturated heterocycles. The SMILES string of the molecule is COCCNCC(O)CSc1ccccc1Cl. The maximum atomic E-state index is 9.73. The highest BCUT2D eigenvalue weighted by atomic mass is 35.5. The third-order valence-electron chi connectivity index (χ3n) is 2.13. The summed E-state index contributed by atoms with van der Waals surface area (Å²) in [5.41, 5.74) is 0. The Labute approximate surface area is 112 Å². The van der Waals surface area contributed by atoms with Gasteiger partial charge < -0.3 is 15.2 Å². The Hall–Kier alpha value is -0.260. The molecule has 17 heavy (non-hydrogen) atoms. The lowest BCUT2D eigenvalue weighted by Crippen LogP contribution is -2.30. The molecule has 0 saturated carbocycles. The number of rotatable bonds is 8. The molecule has 0 amide bonds. The molecule has 96 valence electrons. The normalized spacial score (nSPS) is 12.6. The number of halogens is 1. The van der Waals surface area contributed by atoms with Crippen LogP contribution in [-0.2, 0) is 4.74 Å². The average molecular weight is 276 g/mol. The Morgan fingerprint density at radius 2 is 2.24 bits per heavy atom. The number of nitrogens with one attached hydrogen (secondary N) is 1. The molecule has 5 heteroatoms. The number of thioether (sulfide) groups is 1. The predicted molar refractivity (Wildman–Crippen MR) is 72.9 cm³/mol. The molecule has 1 rings (SSSR count). The Morgan fingerprint density at radius 1 is 1.47 bits per heavy atom. The summed E-state index contributed by atoms with van der Waals surface area (Å²) in [5, 5.41) is 13.6. The zero-order valence-corrected chi connectivity index (χ0v) is 11.4. The van der Waals surface area contributed by atoms with Gasteiger partial charge in [-0.25, -0.2) is 0 Å². The summed E-state index contributed by atoms with van der Waals surface area (Å²) < 4.78 is 4.90. The summed E-state index contributed by atoms with van der Waals surface area (Å²) in [5.74, 6) is 0.629. The first-order valence-electron chi connectivity index (χ1n) is 5.49. The fourth-order valence-corrected chi connectivity index (χ4v) is 2.42. The van der Waals surface area contributed by atoms with Crippen molar-refractivity contribution >= 4 is 23.4 Å². The molecule has 0 heterocycles. The lowest BCUT2D eigenvalue weighted by Gasteiger charge is -2.11. The standard InChI is InChI=1S/C12H18ClNO2S/c1-16-7-6-14-8-10(15)9-17-12-5-3-2-4-11(12)13/h2-5,10,14-15H,6-9H2,1H3. The van der Waals surface area contributed by atoms with Crippen LogP contribution < -0.4 is 5.32 Å². The van der Waals surface area contributed by atoms with Crippen LogP contribution >= 0.6 is 23.4 Å². The Balaban J connectivity index is 2.19. The van der Waals surface area contributed by atoms with Gasteiger partial charge in [0, 0.05) is 30.8 Å². The van der Waals surface area contributed by atoms with E-state index in [0.717, 1.165) is 16.5 Å². The first-order valence-corrected chi connectivity index (χ1v) is 6.85. The molecule has 3 nitrogen and oxygen atoms in total. The van der Waals surface area contributed by atoms with E-state index in [1.807, 2.05) is 24.3 Å². The van der Waals surface area contributed by atoms with Gasteiger partial charge in [0.2, 0.25) is 0 Å². The van der Waals surface area contributed by atoms with E-state index in [0.29, 0.717) is 18.9 Å². The highest BCUT2D eigenvalue weighted by Gasteiger charge is 2.06. The minimum atomic E-state index is -0.381. The number of aliphatic hydroxyl groups excluding tert-OH is 1. The van der Waals surface area contributed by atoms with E-state index in [9.17, 15) is 5.11 Å². The first kappa shape index (κ1) is 14.8. The van der Waals surface area contributed by atoms with Crippen molar-refractivity contribution in [3.63, 3.8) is 0 Å². The lowest BCUT2D eigenvalue weighted by atomic mass is 10.4. The first-order chi connectivity index (χ1) is 8.24. The minimum Gasteiger partial charge on any atom is -0.391 e. The monoisotopic (exact) mass is 275 g/mol. The van der Waals surface area contributed by atoms with Crippen LogP contribution in [0.2, 0.25) is 5.02 Å². The van der Waals surface area contributed by atoms with Crippen LogP contribution in [0.5, 0.6) is 0 Å². The smallest absolute Gasteiger partial charge is 0.0758 e. The molecule has 0 aliphatic heterocycles. The number of ether oxygens (including phenoxy) is 1. The van der Waals surface area contributed by atoms with Gasteiger partial charge in [-0.1, -0.05) is 23.7 Å².